The van der Waals surface area contributed by atoms with Crippen LogP contribution in [0.2, 0.25) is 0 Å². The lowest BCUT2D eigenvalue weighted by Crippen LogP contribution is -2.82. The van der Waals surface area contributed by atoms with Gasteiger partial charge in [-0.2, -0.15) is 0 Å². The first-order chi connectivity index (χ1) is 22.6. The van der Waals surface area contributed by atoms with E-state index in [1.807, 2.05) is 0 Å². The summed E-state index contributed by atoms with van der Waals surface area (Å²) in [6, 6.07) is 2.75. The van der Waals surface area contributed by atoms with Crippen LogP contribution in [0.15, 0.2) is 12.1 Å². The molecule has 1 saturated heterocycles. The molecule has 0 amide bonds. The Kier molecular flexibility index (Phi) is 8.10. The van der Waals surface area contributed by atoms with Gasteiger partial charge in [0.1, 0.15) is 11.2 Å². The van der Waals surface area contributed by atoms with E-state index in [0.29, 0.717) is 43.2 Å². The van der Waals surface area contributed by atoms with E-state index in [9.17, 15) is 15.0 Å². The highest BCUT2D eigenvalue weighted by Gasteiger charge is 2.91. The molecule has 1 aliphatic heterocycles. The largest absolute Gasteiger partial charge is 0.493 e. The van der Waals surface area contributed by atoms with Gasteiger partial charge in [-0.25, -0.2) is 4.79 Å². The van der Waals surface area contributed by atoms with Gasteiger partial charge in [-0.15, -0.1) is 0 Å². The summed E-state index contributed by atoms with van der Waals surface area (Å²) in [4.78, 5) is 16.1. The molecule has 0 radical (unpaired) electrons. The van der Waals surface area contributed by atoms with Gasteiger partial charge in [0.25, 0.3) is 0 Å². The van der Waals surface area contributed by atoms with Crippen LogP contribution in [0.5, 0.6) is 17.2 Å². The number of hydrogen-bond donors (Lipinski definition) is 2. The smallest absolute Gasteiger partial charge is 0.338 e. The fourth-order valence-electron chi connectivity index (χ4n) is 12.5. The predicted octanol–water partition coefficient (Wildman–Crippen LogP) is 2.16. The second-order valence-corrected chi connectivity index (χ2v) is 14.7. The number of likely N-dealkylation sites (tertiary alicyclic amines) is 1. The molecular weight excluding hydrogens is 610 g/mol. The first kappa shape index (κ1) is 33.3. The lowest BCUT2D eigenvalue weighted by atomic mass is 9.42. The van der Waals surface area contributed by atoms with E-state index in [0.717, 1.165) is 12.8 Å². The Morgan fingerprint density at radius 2 is 1.66 bits per heavy atom. The number of hydrogen-bond acceptors (Lipinski definition) is 12. The lowest BCUT2D eigenvalue weighted by molar-refractivity contribution is -0.320. The van der Waals surface area contributed by atoms with Crippen molar-refractivity contribution in [2.75, 3.05) is 69.5 Å². The van der Waals surface area contributed by atoms with Gasteiger partial charge in [-0.1, -0.05) is 6.92 Å². The Bertz CT molecular complexity index is 1370. The number of methoxy groups -OCH3 is 7. The van der Waals surface area contributed by atoms with Crippen LogP contribution < -0.4 is 14.2 Å². The molecule has 12 heteroatoms. The quantitative estimate of drug-likeness (QED) is 0.337. The summed E-state index contributed by atoms with van der Waals surface area (Å²) in [5.74, 6) is 0.0277. The number of ether oxygens (including phenoxy) is 8. The first-order valence-electron chi connectivity index (χ1n) is 16.8. The number of benzene rings is 1. The van der Waals surface area contributed by atoms with Crippen molar-refractivity contribution in [1.29, 1.82) is 0 Å². The molecule has 5 saturated carbocycles. The summed E-state index contributed by atoms with van der Waals surface area (Å²) in [5.41, 5.74) is -4.09. The molecule has 12 nitrogen and oxygen atoms in total. The zero-order valence-electron chi connectivity index (χ0n) is 28.8. The summed E-state index contributed by atoms with van der Waals surface area (Å²) < 4.78 is 47.8. The average Bonchev–Trinajstić information content (AvgIpc) is 3.51. The maximum absolute atomic E-state index is 13.8. The van der Waals surface area contributed by atoms with E-state index in [-0.39, 0.29) is 54.2 Å². The Hall–Kier alpha value is -2.19. The molecule has 47 heavy (non-hydrogen) atoms. The number of carbonyl (C=O) groups is 1. The topological polar surface area (TPSA) is 135 Å². The van der Waals surface area contributed by atoms with Crippen molar-refractivity contribution < 1.29 is 52.9 Å². The van der Waals surface area contributed by atoms with Crippen LogP contribution in [-0.4, -0.2) is 132 Å². The van der Waals surface area contributed by atoms with Crippen LogP contribution in [0.25, 0.3) is 0 Å². The lowest BCUT2D eigenvalue weighted by Gasteiger charge is -2.70. The highest BCUT2D eigenvalue weighted by molar-refractivity contribution is 5.91. The zero-order valence-corrected chi connectivity index (χ0v) is 28.8. The molecule has 0 aromatic heterocycles. The number of rotatable bonds is 11. The van der Waals surface area contributed by atoms with E-state index >= 15 is 0 Å². The van der Waals surface area contributed by atoms with Crippen molar-refractivity contribution >= 4 is 5.97 Å². The number of aliphatic hydroxyl groups is 2. The Morgan fingerprint density at radius 3 is 2.21 bits per heavy atom. The summed E-state index contributed by atoms with van der Waals surface area (Å²) >= 11 is 0. The number of carbonyl (C=O) groups excluding carboxylic acids is 1. The third-order valence-corrected chi connectivity index (χ3v) is 13.7. The minimum absolute atomic E-state index is 0.0391. The SMILES string of the molecule is CCN1C[C@]2(COC(=O)c3cc(OC)c(OC)c(OC)c3)CC[C@H](OC)[C@]34C1[C@](O)([C@@H](OC)[C@H]23)[C@@]1(O)C[C@H](OC)[C@H]2C[C@@H]4[C@@H]1[C@H]2OC. The summed E-state index contributed by atoms with van der Waals surface area (Å²) in [6.45, 7) is 3.42. The maximum Gasteiger partial charge on any atom is 0.338 e. The van der Waals surface area contributed by atoms with Crippen molar-refractivity contribution in [3.63, 3.8) is 0 Å². The zero-order chi connectivity index (χ0) is 33.7. The highest BCUT2D eigenvalue weighted by Crippen LogP contribution is 2.80. The molecule has 13 atom stereocenters. The van der Waals surface area contributed by atoms with Crippen molar-refractivity contribution in [2.24, 2.45) is 34.5 Å². The van der Waals surface area contributed by atoms with Crippen molar-refractivity contribution in [1.82, 2.24) is 4.90 Å². The van der Waals surface area contributed by atoms with E-state index < -0.39 is 40.1 Å². The fraction of sp³-hybridized carbons (Fsp3) is 0.800. The maximum atomic E-state index is 13.8. The number of nitrogens with zero attached hydrogens (tertiary/aromatic N) is 1. The summed E-state index contributed by atoms with van der Waals surface area (Å²) in [5, 5.41) is 26.5. The minimum Gasteiger partial charge on any atom is -0.493 e. The molecule has 1 aromatic carbocycles. The molecule has 5 aliphatic carbocycles. The standard InChI is InChI=1S/C35H51NO11/c1-9-36-16-32(17-47-30(37)18-12-21(40-2)27(45-7)22(13-18)41-3)11-10-24(43-5)34-20-14-19-23(42-4)15-33(38,25(20)26(19)44-6)35(39,31(34)36)29(46-8)28(32)34/h12-13,19-20,23-26,28-29,31,38-39H,9-11,14-17H2,1-8H3/t19-,20-,23+,24+,25-,26+,28-,29+,31?,32+,33-,34+,35-/m1/s1. The summed E-state index contributed by atoms with van der Waals surface area (Å²) in [7, 11) is 11.3. The molecule has 1 spiro atoms. The van der Waals surface area contributed by atoms with Gasteiger partial charge in [0.05, 0.1) is 64.0 Å². The molecule has 6 fully saturated rings. The van der Waals surface area contributed by atoms with E-state index in [1.54, 1.807) is 40.6 Å². The van der Waals surface area contributed by atoms with Gasteiger partial charge >= 0.3 is 5.97 Å². The van der Waals surface area contributed by atoms with Gasteiger partial charge in [-0.05, 0) is 43.9 Å². The Morgan fingerprint density at radius 1 is 0.957 bits per heavy atom. The van der Waals surface area contributed by atoms with Crippen LogP contribution in [0.1, 0.15) is 43.0 Å². The summed E-state index contributed by atoms with van der Waals surface area (Å²) in [6.07, 6.45) is 0.998. The monoisotopic (exact) mass is 661 g/mol. The molecule has 7 bridgehead atoms. The Labute approximate surface area is 276 Å². The van der Waals surface area contributed by atoms with Gasteiger partial charge in [-0.3, -0.25) is 4.90 Å². The predicted molar refractivity (Wildman–Crippen MR) is 168 cm³/mol. The molecular formula is C35H51NO11. The van der Waals surface area contributed by atoms with Crippen LogP contribution in [0, 0.1) is 34.5 Å². The molecule has 6 aliphatic rings. The van der Waals surface area contributed by atoms with Crippen molar-refractivity contribution in [3.05, 3.63) is 17.7 Å². The third-order valence-electron chi connectivity index (χ3n) is 13.7. The first-order valence-corrected chi connectivity index (χ1v) is 16.8. The average molecular weight is 662 g/mol. The molecule has 1 aromatic rings. The second-order valence-electron chi connectivity index (χ2n) is 14.7. The van der Waals surface area contributed by atoms with Crippen molar-refractivity contribution in [3.8, 4) is 17.2 Å². The van der Waals surface area contributed by atoms with Gasteiger partial charge in [0.2, 0.25) is 5.75 Å². The normalized spacial score (nSPS) is 45.9. The molecule has 2 N–H and O–H groups in total. The molecule has 1 heterocycles. The number of esters is 1. The van der Waals surface area contributed by atoms with Gasteiger partial charge < -0.3 is 48.1 Å². The van der Waals surface area contributed by atoms with E-state index in [4.69, 9.17) is 37.9 Å². The van der Waals surface area contributed by atoms with Gasteiger partial charge in [0.15, 0.2) is 11.5 Å². The van der Waals surface area contributed by atoms with Crippen LogP contribution >= 0.6 is 0 Å². The molecule has 262 valence electrons. The Balaban J connectivity index is 1.35. The number of likely N-dealkylation sites (N-methyl/N-ethyl adjacent to an activating group) is 1. The van der Waals surface area contributed by atoms with Crippen molar-refractivity contribution in [2.45, 2.75) is 74.3 Å². The second kappa shape index (κ2) is 11.4. The van der Waals surface area contributed by atoms with Crippen LogP contribution in [0.3, 0.4) is 0 Å². The number of piperidine rings is 1. The highest BCUT2D eigenvalue weighted by atomic mass is 16.5. The molecule has 1 unspecified atom stereocenters. The minimum atomic E-state index is -1.66. The third kappa shape index (κ3) is 3.86. The molecule has 7 rings (SSSR count). The fourth-order valence-corrected chi connectivity index (χ4v) is 12.5. The van der Waals surface area contributed by atoms with E-state index in [2.05, 4.69) is 11.8 Å². The van der Waals surface area contributed by atoms with Crippen LogP contribution in [0.4, 0.5) is 0 Å². The van der Waals surface area contributed by atoms with Gasteiger partial charge in [0, 0.05) is 70.0 Å². The van der Waals surface area contributed by atoms with E-state index in [1.165, 1.54) is 21.3 Å². The number of fused-ring (bicyclic) bond motifs is 2. The van der Waals surface area contributed by atoms with Crippen LogP contribution in [-0.2, 0) is 23.7 Å².